The third-order valence-corrected chi connectivity index (χ3v) is 10.4. The van der Waals surface area contributed by atoms with E-state index in [1.54, 1.807) is 30.3 Å². The van der Waals surface area contributed by atoms with Gasteiger partial charge in [0.1, 0.15) is 28.5 Å². The van der Waals surface area contributed by atoms with Crippen molar-refractivity contribution < 1.29 is 27.5 Å². The average Bonchev–Trinajstić information content (AvgIpc) is 3.63. The number of fused-ring (bicyclic) bond motifs is 1. The highest BCUT2D eigenvalue weighted by Crippen LogP contribution is 2.47. The smallest absolute Gasteiger partial charge is 0.324 e. The number of hydrogen-bond acceptors (Lipinski definition) is 9. The van der Waals surface area contributed by atoms with Crippen LogP contribution in [0, 0.1) is 11.3 Å². The molecule has 1 atom stereocenters. The first-order chi connectivity index (χ1) is 19.6. The van der Waals surface area contributed by atoms with Crippen LogP contribution in [0.5, 0.6) is 5.88 Å². The molecule has 5 rings (SSSR count). The number of ether oxygens (including phenoxy) is 2. The molecule has 0 radical (unpaired) electrons. The maximum Gasteiger partial charge on any atom is 0.324 e. The van der Waals surface area contributed by atoms with Gasteiger partial charge in [0.05, 0.1) is 18.7 Å². The van der Waals surface area contributed by atoms with E-state index in [-0.39, 0.29) is 31.1 Å². The first-order valence-corrected chi connectivity index (χ1v) is 14.5. The van der Waals surface area contributed by atoms with Crippen molar-refractivity contribution in [3.8, 4) is 11.9 Å². The number of carbonyl (C=O) groups excluding carboxylic acids is 2. The van der Waals surface area contributed by atoms with Gasteiger partial charge in [0.2, 0.25) is 15.9 Å². The highest BCUT2D eigenvalue weighted by atomic mass is 32.2. The maximum atomic E-state index is 13.6. The summed E-state index contributed by atoms with van der Waals surface area (Å²) >= 11 is 0. The van der Waals surface area contributed by atoms with Gasteiger partial charge < -0.3 is 19.4 Å². The van der Waals surface area contributed by atoms with Crippen molar-refractivity contribution in [2.24, 2.45) is 7.05 Å². The van der Waals surface area contributed by atoms with Crippen molar-refractivity contribution in [1.82, 2.24) is 19.2 Å². The Morgan fingerprint density at radius 2 is 1.95 bits per heavy atom. The van der Waals surface area contributed by atoms with Gasteiger partial charge in [-0.15, -0.1) is 0 Å². The van der Waals surface area contributed by atoms with E-state index in [1.165, 1.54) is 35.3 Å². The summed E-state index contributed by atoms with van der Waals surface area (Å²) in [5.41, 5.74) is 0.949. The normalized spacial score (nSPS) is 18.0. The molecule has 1 aromatic carbocycles. The molecule has 41 heavy (non-hydrogen) atoms. The maximum absolute atomic E-state index is 13.6. The molecular weight excluding hydrogens is 550 g/mol. The quantitative estimate of drug-likeness (QED) is 0.371. The van der Waals surface area contributed by atoms with E-state index in [4.69, 9.17) is 14.7 Å². The molecule has 1 aliphatic heterocycles. The monoisotopic (exact) mass is 579 g/mol. The minimum atomic E-state index is -3.88. The van der Waals surface area contributed by atoms with Gasteiger partial charge in [0.25, 0.3) is 11.5 Å². The number of nitrogens with zero attached hydrogens (tertiary/aromatic N) is 4. The zero-order valence-corrected chi connectivity index (χ0v) is 23.4. The minimum Gasteiger partial charge on any atom is -0.474 e. The lowest BCUT2D eigenvalue weighted by Crippen LogP contribution is -2.48. The second-order valence-corrected chi connectivity index (χ2v) is 12.5. The number of sulfonamides is 1. The fraction of sp³-hybridized carbons (Fsp3) is 0.393. The molecule has 2 aliphatic rings. The summed E-state index contributed by atoms with van der Waals surface area (Å²) in [6.45, 7) is 0.203. The molecule has 13 heteroatoms. The number of nitrogens with one attached hydrogen (secondary N) is 1. The first-order valence-electron chi connectivity index (χ1n) is 13.1. The number of aromatic nitrogens is 2. The molecular formula is C28H29N5O7S. The molecule has 12 nitrogen and oxygen atoms in total. The van der Waals surface area contributed by atoms with Gasteiger partial charge in [0.15, 0.2) is 0 Å². The van der Waals surface area contributed by atoms with Crippen molar-refractivity contribution in [3.63, 3.8) is 0 Å². The molecule has 3 heterocycles. The number of amides is 1. The fourth-order valence-electron chi connectivity index (χ4n) is 5.11. The highest BCUT2D eigenvalue weighted by molar-refractivity contribution is 7.90. The van der Waals surface area contributed by atoms with Crippen LogP contribution in [0.2, 0.25) is 0 Å². The van der Waals surface area contributed by atoms with Crippen molar-refractivity contribution >= 4 is 32.8 Å². The molecule has 1 saturated carbocycles. The van der Waals surface area contributed by atoms with E-state index in [9.17, 15) is 22.8 Å². The zero-order valence-electron chi connectivity index (χ0n) is 22.6. The Bertz CT molecular complexity index is 1720. The van der Waals surface area contributed by atoms with Gasteiger partial charge in [-0.3, -0.25) is 14.4 Å². The van der Waals surface area contributed by atoms with E-state index < -0.39 is 38.2 Å². The summed E-state index contributed by atoms with van der Waals surface area (Å²) in [5.74, 6) is -1.07. The SMILES string of the molecule is COC(=O)[C@@H]1CCCN1S(=O)(=O)C1(COc2nccc3cc(C(=O)NCc4ccc(C#N)cc4)c(=O)n(C)c23)CC1. The highest BCUT2D eigenvalue weighted by Gasteiger charge is 2.60. The molecule has 0 bridgehead atoms. The Balaban J connectivity index is 1.35. The lowest BCUT2D eigenvalue weighted by atomic mass is 10.1. The van der Waals surface area contributed by atoms with Crippen LogP contribution < -0.4 is 15.6 Å². The van der Waals surface area contributed by atoms with Crippen molar-refractivity contribution in [3.05, 3.63) is 69.6 Å². The number of carbonyl (C=O) groups is 2. The number of methoxy groups -OCH3 is 1. The Hall–Kier alpha value is -4.28. The molecule has 1 amide bonds. The Morgan fingerprint density at radius 3 is 2.61 bits per heavy atom. The summed E-state index contributed by atoms with van der Waals surface area (Å²) in [5, 5.41) is 12.2. The number of esters is 1. The predicted molar refractivity (Wildman–Crippen MR) is 147 cm³/mol. The molecule has 2 fully saturated rings. The van der Waals surface area contributed by atoms with Crippen molar-refractivity contribution in [2.75, 3.05) is 20.3 Å². The van der Waals surface area contributed by atoms with E-state index >= 15 is 0 Å². The molecule has 3 aromatic rings. The van der Waals surface area contributed by atoms with Gasteiger partial charge >= 0.3 is 5.97 Å². The number of nitriles is 1. The van der Waals surface area contributed by atoms with E-state index in [0.29, 0.717) is 42.1 Å². The second kappa shape index (κ2) is 10.9. The molecule has 214 valence electrons. The van der Waals surface area contributed by atoms with Crippen LogP contribution in [0.3, 0.4) is 0 Å². The first kappa shape index (κ1) is 28.3. The van der Waals surface area contributed by atoms with E-state index in [0.717, 1.165) is 5.56 Å². The molecule has 2 aromatic heterocycles. The lowest BCUT2D eigenvalue weighted by Gasteiger charge is -2.27. The van der Waals surface area contributed by atoms with Gasteiger partial charge in [-0.1, -0.05) is 12.1 Å². The molecule has 0 unspecified atom stereocenters. The number of benzene rings is 1. The molecule has 1 N–H and O–H groups in total. The molecule has 1 saturated heterocycles. The van der Waals surface area contributed by atoms with Crippen LogP contribution in [-0.4, -0.2) is 65.2 Å². The average molecular weight is 580 g/mol. The van der Waals surface area contributed by atoms with Crippen molar-refractivity contribution in [1.29, 1.82) is 5.26 Å². The van der Waals surface area contributed by atoms with Gasteiger partial charge in [-0.05, 0) is 55.5 Å². The largest absolute Gasteiger partial charge is 0.474 e. The zero-order chi connectivity index (χ0) is 29.4. The number of pyridine rings is 2. The Labute approximate surface area is 236 Å². The Morgan fingerprint density at radius 1 is 1.22 bits per heavy atom. The summed E-state index contributed by atoms with van der Waals surface area (Å²) in [7, 11) is -1.15. The summed E-state index contributed by atoms with van der Waals surface area (Å²) in [6.07, 6.45) is 3.16. The molecule has 1 aliphatic carbocycles. The third-order valence-electron chi connectivity index (χ3n) is 7.69. The standard InChI is InChI=1S/C28H29N5O7S/c1-32-23-20(14-21(26(32)35)24(34)31-16-19-7-5-18(15-29)6-8-19)9-12-30-25(23)40-17-28(10-11-28)41(37,38)33-13-3-4-22(33)27(36)39-2/h5-9,12,14,22H,3-4,10-11,13,16-17H2,1-2H3,(H,31,34)/t22-/m0/s1. The summed E-state index contributed by atoms with van der Waals surface area (Å²) in [4.78, 5) is 42.5. The fourth-order valence-corrected chi connectivity index (χ4v) is 7.33. The summed E-state index contributed by atoms with van der Waals surface area (Å²) < 4.78 is 39.2. The third kappa shape index (κ3) is 5.16. The van der Waals surface area contributed by atoms with E-state index in [2.05, 4.69) is 10.3 Å². The predicted octanol–water partition coefficient (Wildman–Crippen LogP) is 1.61. The van der Waals surface area contributed by atoms with Gasteiger partial charge in [-0.25, -0.2) is 13.4 Å². The number of aryl methyl sites for hydroxylation is 1. The Kier molecular flexibility index (Phi) is 7.54. The summed E-state index contributed by atoms with van der Waals surface area (Å²) in [6, 6.07) is 11.0. The van der Waals surface area contributed by atoms with Crippen LogP contribution in [0.25, 0.3) is 10.9 Å². The molecule has 0 spiro atoms. The lowest BCUT2D eigenvalue weighted by molar-refractivity contribution is -0.144. The second-order valence-electron chi connectivity index (χ2n) is 10.2. The van der Waals surface area contributed by atoms with Crippen LogP contribution in [0.15, 0.2) is 47.4 Å². The van der Waals surface area contributed by atoms with Crippen LogP contribution in [0.1, 0.15) is 47.2 Å². The number of hydrogen-bond donors (Lipinski definition) is 1. The van der Waals surface area contributed by atoms with E-state index in [1.807, 2.05) is 6.07 Å². The number of rotatable bonds is 9. The van der Waals surface area contributed by atoms with Gasteiger partial charge in [0, 0.05) is 31.7 Å². The van der Waals surface area contributed by atoms with Gasteiger partial charge in [-0.2, -0.15) is 9.57 Å². The van der Waals surface area contributed by atoms with Crippen LogP contribution in [-0.2, 0) is 33.1 Å². The van der Waals surface area contributed by atoms with Crippen LogP contribution in [0.4, 0.5) is 0 Å². The topological polar surface area (TPSA) is 161 Å². The minimum absolute atomic E-state index is 0.0686. The van der Waals surface area contributed by atoms with Crippen LogP contribution >= 0.6 is 0 Å². The van der Waals surface area contributed by atoms with Crippen molar-refractivity contribution in [2.45, 2.75) is 43.0 Å².